The summed E-state index contributed by atoms with van der Waals surface area (Å²) in [5.74, 6) is 0. The Morgan fingerprint density at radius 3 is 2.58 bits per heavy atom. The van der Waals surface area contributed by atoms with Crippen LogP contribution in [0, 0.1) is 11.3 Å². The lowest BCUT2D eigenvalue weighted by molar-refractivity contribution is 0.165. The Morgan fingerprint density at radius 1 is 1.50 bits per heavy atom. The maximum absolute atomic E-state index is 8.52. The summed E-state index contributed by atoms with van der Waals surface area (Å²) in [4.78, 5) is 2.14. The number of nitrogens with zero attached hydrogens (tertiary/aromatic N) is 2. The van der Waals surface area contributed by atoms with Crippen molar-refractivity contribution >= 4 is 0 Å². The van der Waals surface area contributed by atoms with Gasteiger partial charge in [-0.3, -0.25) is 4.90 Å². The van der Waals surface area contributed by atoms with Crippen molar-refractivity contribution < 1.29 is 4.74 Å². The van der Waals surface area contributed by atoms with Gasteiger partial charge in [-0.2, -0.15) is 5.26 Å². The van der Waals surface area contributed by atoms with Crippen molar-refractivity contribution in [1.82, 2.24) is 4.90 Å². The highest BCUT2D eigenvalue weighted by molar-refractivity contribution is 4.78. The number of nitriles is 1. The zero-order valence-corrected chi connectivity index (χ0v) is 8.21. The van der Waals surface area contributed by atoms with Crippen LogP contribution in [0.15, 0.2) is 0 Å². The van der Waals surface area contributed by atoms with E-state index in [4.69, 9.17) is 10.00 Å². The Labute approximate surface area is 74.9 Å². The van der Waals surface area contributed by atoms with Crippen molar-refractivity contribution in [2.75, 3.05) is 26.8 Å². The molecule has 0 aliphatic heterocycles. The van der Waals surface area contributed by atoms with Crippen molar-refractivity contribution in [2.45, 2.75) is 26.3 Å². The van der Waals surface area contributed by atoms with Crippen molar-refractivity contribution in [3.05, 3.63) is 0 Å². The first-order chi connectivity index (χ1) is 5.72. The summed E-state index contributed by atoms with van der Waals surface area (Å²) in [5.41, 5.74) is 0. The fourth-order valence-electron chi connectivity index (χ4n) is 1.02. The molecule has 0 aliphatic carbocycles. The summed E-state index contributed by atoms with van der Waals surface area (Å²) >= 11 is 0. The zero-order valence-electron chi connectivity index (χ0n) is 8.21. The van der Waals surface area contributed by atoms with Crippen LogP contribution in [0.2, 0.25) is 0 Å². The van der Waals surface area contributed by atoms with Crippen molar-refractivity contribution in [3.63, 3.8) is 0 Å². The van der Waals surface area contributed by atoms with Gasteiger partial charge in [0.15, 0.2) is 0 Å². The van der Waals surface area contributed by atoms with Crippen LogP contribution in [0.4, 0.5) is 0 Å². The molecule has 0 aromatic carbocycles. The van der Waals surface area contributed by atoms with Crippen molar-refractivity contribution in [3.8, 4) is 6.07 Å². The number of ether oxygens (including phenoxy) is 1. The van der Waals surface area contributed by atoms with Crippen LogP contribution in [0.5, 0.6) is 0 Å². The van der Waals surface area contributed by atoms with Crippen LogP contribution in [0.25, 0.3) is 0 Å². The van der Waals surface area contributed by atoms with Crippen LogP contribution in [0.3, 0.4) is 0 Å². The Kier molecular flexibility index (Phi) is 6.73. The smallest absolute Gasteiger partial charge is 0.0868 e. The lowest BCUT2D eigenvalue weighted by Crippen LogP contribution is -2.32. The van der Waals surface area contributed by atoms with Gasteiger partial charge in [0, 0.05) is 26.3 Å². The first kappa shape index (κ1) is 11.4. The molecule has 0 fully saturated rings. The Bertz CT molecular complexity index is 140. The van der Waals surface area contributed by atoms with Crippen LogP contribution in [0.1, 0.15) is 20.3 Å². The molecule has 0 aliphatic rings. The zero-order chi connectivity index (χ0) is 9.40. The molecule has 0 saturated carbocycles. The number of methoxy groups -OCH3 is 1. The summed E-state index contributed by atoms with van der Waals surface area (Å²) in [5, 5.41) is 8.52. The van der Waals surface area contributed by atoms with E-state index in [1.807, 2.05) is 0 Å². The lowest BCUT2D eigenvalue weighted by atomic mass is 10.3. The highest BCUT2D eigenvalue weighted by Gasteiger charge is 2.06. The van der Waals surface area contributed by atoms with Crippen LogP contribution < -0.4 is 0 Å². The Hall–Kier alpha value is -0.590. The van der Waals surface area contributed by atoms with Gasteiger partial charge in [0.1, 0.15) is 0 Å². The molecule has 12 heavy (non-hydrogen) atoms. The van der Waals surface area contributed by atoms with Crippen molar-refractivity contribution in [2.24, 2.45) is 0 Å². The Morgan fingerprint density at radius 2 is 2.17 bits per heavy atom. The van der Waals surface area contributed by atoms with E-state index in [0.717, 1.165) is 19.6 Å². The topological polar surface area (TPSA) is 36.3 Å². The molecule has 70 valence electrons. The minimum atomic E-state index is 0.446. The number of hydrogen-bond acceptors (Lipinski definition) is 3. The van der Waals surface area contributed by atoms with Gasteiger partial charge >= 0.3 is 0 Å². The van der Waals surface area contributed by atoms with Crippen LogP contribution >= 0.6 is 0 Å². The fraction of sp³-hybridized carbons (Fsp3) is 0.889. The van der Waals surface area contributed by atoms with Gasteiger partial charge in [0.2, 0.25) is 0 Å². The number of hydrogen-bond donors (Lipinski definition) is 0. The van der Waals surface area contributed by atoms with Gasteiger partial charge in [-0.15, -0.1) is 0 Å². The van der Waals surface area contributed by atoms with E-state index in [2.05, 4.69) is 24.8 Å². The first-order valence-electron chi connectivity index (χ1n) is 4.32. The molecule has 0 N–H and O–H groups in total. The molecule has 0 radical (unpaired) electrons. The second-order valence-corrected chi connectivity index (χ2v) is 3.07. The third-order valence-electron chi connectivity index (χ3n) is 1.80. The SMILES string of the molecule is COCCCN(CC#N)C(C)C. The van der Waals surface area contributed by atoms with E-state index >= 15 is 0 Å². The van der Waals surface area contributed by atoms with Crippen LogP contribution in [-0.2, 0) is 4.74 Å². The summed E-state index contributed by atoms with van der Waals surface area (Å²) in [6.07, 6.45) is 0.996. The largest absolute Gasteiger partial charge is 0.385 e. The predicted molar refractivity (Wildman–Crippen MR) is 48.8 cm³/mol. The van der Waals surface area contributed by atoms with Gasteiger partial charge in [-0.25, -0.2) is 0 Å². The third-order valence-corrected chi connectivity index (χ3v) is 1.80. The molecule has 0 bridgehead atoms. The first-order valence-corrected chi connectivity index (χ1v) is 4.32. The summed E-state index contributed by atoms with van der Waals surface area (Å²) in [7, 11) is 1.70. The molecule has 0 spiro atoms. The molecular formula is C9H18N2O. The second kappa shape index (κ2) is 7.08. The van der Waals surface area contributed by atoms with Gasteiger partial charge in [0.05, 0.1) is 12.6 Å². The van der Waals surface area contributed by atoms with Gasteiger partial charge < -0.3 is 4.74 Å². The molecule has 0 aromatic rings. The normalized spacial score (nSPS) is 10.7. The molecule has 0 unspecified atom stereocenters. The molecule has 0 atom stereocenters. The van der Waals surface area contributed by atoms with E-state index in [1.165, 1.54) is 0 Å². The summed E-state index contributed by atoms with van der Waals surface area (Å²) in [6.45, 7) is 6.43. The fourth-order valence-corrected chi connectivity index (χ4v) is 1.02. The molecular weight excluding hydrogens is 152 g/mol. The van der Waals surface area contributed by atoms with E-state index in [1.54, 1.807) is 7.11 Å². The predicted octanol–water partition coefficient (Wildman–Crippen LogP) is 1.26. The quantitative estimate of drug-likeness (QED) is 0.444. The minimum absolute atomic E-state index is 0.446. The maximum Gasteiger partial charge on any atom is 0.0868 e. The molecule has 0 aromatic heterocycles. The molecule has 0 rings (SSSR count). The highest BCUT2D eigenvalue weighted by Crippen LogP contribution is 1.98. The third kappa shape index (κ3) is 5.11. The van der Waals surface area contributed by atoms with E-state index in [-0.39, 0.29) is 0 Å². The Balaban J connectivity index is 3.58. The molecule has 0 saturated heterocycles. The average molecular weight is 170 g/mol. The van der Waals surface area contributed by atoms with Gasteiger partial charge in [0.25, 0.3) is 0 Å². The summed E-state index contributed by atoms with van der Waals surface area (Å²) in [6, 6.07) is 2.61. The van der Waals surface area contributed by atoms with E-state index in [9.17, 15) is 0 Å². The van der Waals surface area contributed by atoms with Crippen molar-refractivity contribution in [1.29, 1.82) is 5.26 Å². The van der Waals surface area contributed by atoms with E-state index in [0.29, 0.717) is 12.6 Å². The minimum Gasteiger partial charge on any atom is -0.385 e. The standard InChI is InChI=1S/C9H18N2O/c1-9(2)11(7-5-10)6-4-8-12-3/h9H,4,6-8H2,1-3H3. The average Bonchev–Trinajstić information content (AvgIpc) is 2.03. The lowest BCUT2D eigenvalue weighted by Gasteiger charge is -2.22. The number of rotatable bonds is 6. The van der Waals surface area contributed by atoms with E-state index < -0.39 is 0 Å². The van der Waals surface area contributed by atoms with Crippen LogP contribution in [-0.4, -0.2) is 37.7 Å². The molecule has 0 heterocycles. The highest BCUT2D eigenvalue weighted by atomic mass is 16.5. The summed E-state index contributed by atoms with van der Waals surface area (Å²) < 4.78 is 4.94. The second-order valence-electron chi connectivity index (χ2n) is 3.07. The monoisotopic (exact) mass is 170 g/mol. The molecule has 3 heteroatoms. The molecule has 0 amide bonds. The van der Waals surface area contributed by atoms with Gasteiger partial charge in [-0.1, -0.05) is 0 Å². The van der Waals surface area contributed by atoms with Gasteiger partial charge in [-0.05, 0) is 20.3 Å². The molecule has 3 nitrogen and oxygen atoms in total. The maximum atomic E-state index is 8.52.